The van der Waals surface area contributed by atoms with E-state index in [9.17, 15) is 10.4 Å². The van der Waals surface area contributed by atoms with Gasteiger partial charge in [0.05, 0.1) is 35.9 Å². The van der Waals surface area contributed by atoms with E-state index in [1.807, 2.05) is 24.3 Å². The first-order chi connectivity index (χ1) is 14.5. The Morgan fingerprint density at radius 1 is 1.27 bits per heavy atom. The predicted octanol–water partition coefficient (Wildman–Crippen LogP) is 3.78. The monoisotopic (exact) mass is 468 g/mol. The summed E-state index contributed by atoms with van der Waals surface area (Å²) in [6, 6.07) is 13.0. The zero-order chi connectivity index (χ0) is 21.4. The first-order valence-corrected chi connectivity index (χ1v) is 9.64. The Kier molecular flexibility index (Phi) is 5.01. The summed E-state index contributed by atoms with van der Waals surface area (Å²) in [5, 5.41) is 27.3. The molecule has 4 rings (SSSR count). The number of H-pyrrole nitrogens is 1. The molecule has 4 N–H and O–H groups in total. The van der Waals surface area contributed by atoms with Crippen LogP contribution in [0.4, 0.5) is 0 Å². The molecule has 30 heavy (non-hydrogen) atoms. The van der Waals surface area contributed by atoms with E-state index in [4.69, 9.17) is 19.9 Å². The van der Waals surface area contributed by atoms with Crippen LogP contribution >= 0.6 is 15.9 Å². The largest absolute Gasteiger partial charge is 0.503 e. The SMILES string of the molecule is COc1cccc(-c2[nH]nc3c2[C@@H](c2cc(Br)c(O)c(OC)c2)C(C#N)=C(N)O3)c1. The average Bonchev–Trinajstić information content (AvgIpc) is 3.17. The molecule has 0 saturated carbocycles. The second kappa shape index (κ2) is 7.65. The van der Waals surface area contributed by atoms with Crippen molar-refractivity contribution in [3.05, 3.63) is 63.5 Å². The van der Waals surface area contributed by atoms with E-state index >= 15 is 0 Å². The van der Waals surface area contributed by atoms with Crippen LogP contribution in [0.2, 0.25) is 0 Å². The number of phenolic OH excluding ortho intramolecular Hbond substituents is 1. The Morgan fingerprint density at radius 3 is 2.77 bits per heavy atom. The second-order valence-electron chi connectivity index (χ2n) is 6.53. The number of nitrogens with zero attached hydrogens (tertiary/aromatic N) is 2. The fourth-order valence-electron chi connectivity index (χ4n) is 3.49. The highest BCUT2D eigenvalue weighted by Gasteiger charge is 2.36. The number of hydrogen-bond acceptors (Lipinski definition) is 7. The molecule has 0 unspecified atom stereocenters. The number of rotatable bonds is 4. The third kappa shape index (κ3) is 3.11. The minimum Gasteiger partial charge on any atom is -0.503 e. The molecule has 152 valence electrons. The number of hydrogen-bond donors (Lipinski definition) is 3. The maximum absolute atomic E-state index is 10.2. The Bertz CT molecular complexity index is 1210. The number of nitrogens with one attached hydrogen (secondary N) is 1. The first kappa shape index (κ1) is 19.7. The van der Waals surface area contributed by atoms with E-state index in [0.717, 1.165) is 5.56 Å². The lowest BCUT2D eigenvalue weighted by Crippen LogP contribution is -2.21. The number of allylic oxidation sites excluding steroid dienone is 1. The number of aromatic nitrogens is 2. The summed E-state index contributed by atoms with van der Waals surface area (Å²) in [7, 11) is 3.04. The van der Waals surface area contributed by atoms with Gasteiger partial charge in [0.25, 0.3) is 0 Å². The van der Waals surface area contributed by atoms with Crippen LogP contribution in [0.1, 0.15) is 17.0 Å². The third-order valence-electron chi connectivity index (χ3n) is 4.90. The highest BCUT2D eigenvalue weighted by atomic mass is 79.9. The summed E-state index contributed by atoms with van der Waals surface area (Å²) >= 11 is 3.34. The van der Waals surface area contributed by atoms with Crippen LogP contribution in [0.5, 0.6) is 23.1 Å². The molecule has 1 aliphatic rings. The molecule has 3 aromatic rings. The summed E-state index contributed by atoms with van der Waals surface area (Å²) in [6.07, 6.45) is 0. The number of aromatic amines is 1. The Hall–Kier alpha value is -3.64. The number of benzene rings is 2. The van der Waals surface area contributed by atoms with Crippen LogP contribution in [0.25, 0.3) is 11.3 Å². The minimum atomic E-state index is -0.593. The Morgan fingerprint density at radius 2 is 2.07 bits per heavy atom. The number of phenols is 1. The zero-order valence-electron chi connectivity index (χ0n) is 16.1. The van der Waals surface area contributed by atoms with Crippen molar-refractivity contribution in [2.45, 2.75) is 5.92 Å². The van der Waals surface area contributed by atoms with Gasteiger partial charge in [0, 0.05) is 5.56 Å². The van der Waals surface area contributed by atoms with Gasteiger partial charge in [0.15, 0.2) is 11.5 Å². The molecule has 2 heterocycles. The summed E-state index contributed by atoms with van der Waals surface area (Å²) in [4.78, 5) is 0. The van der Waals surface area contributed by atoms with Crippen molar-refractivity contribution in [1.82, 2.24) is 10.2 Å². The van der Waals surface area contributed by atoms with E-state index in [-0.39, 0.29) is 28.8 Å². The number of halogens is 1. The minimum absolute atomic E-state index is 0.0261. The van der Waals surface area contributed by atoms with Crippen molar-refractivity contribution >= 4 is 15.9 Å². The third-order valence-corrected chi connectivity index (χ3v) is 5.51. The van der Waals surface area contributed by atoms with Gasteiger partial charge in [-0.05, 0) is 45.8 Å². The normalized spacial score (nSPS) is 15.2. The van der Waals surface area contributed by atoms with Gasteiger partial charge in [-0.1, -0.05) is 12.1 Å². The summed E-state index contributed by atoms with van der Waals surface area (Å²) in [5.74, 6) is 0.552. The van der Waals surface area contributed by atoms with Gasteiger partial charge < -0.3 is 25.1 Å². The lowest BCUT2D eigenvalue weighted by molar-refractivity contribution is 0.369. The van der Waals surface area contributed by atoms with Gasteiger partial charge in [0.2, 0.25) is 11.8 Å². The maximum atomic E-state index is 10.2. The fourth-order valence-corrected chi connectivity index (χ4v) is 3.95. The van der Waals surface area contributed by atoms with Crippen LogP contribution in [0, 0.1) is 11.3 Å². The molecule has 0 saturated heterocycles. The summed E-state index contributed by atoms with van der Waals surface area (Å²) in [5.41, 5.74) is 9.05. The number of nitrogens with two attached hydrogens (primary N) is 1. The quantitative estimate of drug-likeness (QED) is 0.531. The van der Waals surface area contributed by atoms with E-state index in [0.29, 0.717) is 27.0 Å². The van der Waals surface area contributed by atoms with Crippen LogP contribution in [0.15, 0.2) is 52.3 Å². The number of aromatic hydroxyl groups is 1. The maximum Gasteiger partial charge on any atom is 0.244 e. The smallest absolute Gasteiger partial charge is 0.244 e. The lowest BCUT2D eigenvalue weighted by Gasteiger charge is -2.25. The molecule has 1 aliphatic heterocycles. The highest BCUT2D eigenvalue weighted by Crippen LogP contribution is 2.48. The van der Waals surface area contributed by atoms with Crippen molar-refractivity contribution in [1.29, 1.82) is 5.26 Å². The van der Waals surface area contributed by atoms with Crippen LogP contribution in [-0.2, 0) is 0 Å². The Balaban J connectivity index is 1.97. The van der Waals surface area contributed by atoms with E-state index in [2.05, 4.69) is 32.2 Å². The fraction of sp³-hybridized carbons (Fsp3) is 0.143. The first-order valence-electron chi connectivity index (χ1n) is 8.85. The van der Waals surface area contributed by atoms with Crippen molar-refractivity contribution in [2.24, 2.45) is 5.73 Å². The standard InChI is InChI=1S/C21H17BrN4O4/c1-28-12-5-3-4-10(6-12)18-17-16(11-7-14(22)19(27)15(8-11)29-2)13(9-23)20(24)30-21(17)26-25-18/h3-8,16,27H,24H2,1-2H3,(H,25,26)/t16-/m0/s1. The summed E-state index contributed by atoms with van der Waals surface area (Å²) < 4.78 is 16.7. The van der Waals surface area contributed by atoms with Gasteiger partial charge in [-0.25, -0.2) is 0 Å². The molecule has 9 heteroatoms. The lowest BCUT2D eigenvalue weighted by atomic mass is 9.83. The molecule has 0 radical (unpaired) electrons. The van der Waals surface area contributed by atoms with Crippen molar-refractivity contribution in [3.8, 4) is 40.5 Å². The number of fused-ring (bicyclic) bond motifs is 1. The zero-order valence-corrected chi connectivity index (χ0v) is 17.6. The predicted molar refractivity (Wildman–Crippen MR) is 112 cm³/mol. The molecule has 8 nitrogen and oxygen atoms in total. The van der Waals surface area contributed by atoms with E-state index < -0.39 is 5.92 Å². The van der Waals surface area contributed by atoms with Crippen molar-refractivity contribution < 1.29 is 19.3 Å². The molecular weight excluding hydrogens is 452 g/mol. The Labute approximate surface area is 180 Å². The molecule has 0 fully saturated rings. The van der Waals surface area contributed by atoms with Crippen molar-refractivity contribution in [3.63, 3.8) is 0 Å². The summed E-state index contributed by atoms with van der Waals surface area (Å²) in [6.45, 7) is 0. The van der Waals surface area contributed by atoms with Crippen LogP contribution < -0.4 is 19.9 Å². The molecule has 0 spiro atoms. The molecule has 1 atom stereocenters. The van der Waals surface area contributed by atoms with Crippen LogP contribution in [0.3, 0.4) is 0 Å². The molecular formula is C21H17BrN4O4. The number of nitriles is 1. The molecule has 0 amide bonds. The molecule has 0 aliphatic carbocycles. The van der Waals surface area contributed by atoms with Gasteiger partial charge in [-0.2, -0.15) is 5.26 Å². The van der Waals surface area contributed by atoms with Gasteiger partial charge in [-0.15, -0.1) is 5.10 Å². The highest BCUT2D eigenvalue weighted by molar-refractivity contribution is 9.10. The number of ether oxygens (including phenoxy) is 3. The van der Waals surface area contributed by atoms with Crippen LogP contribution in [-0.4, -0.2) is 29.5 Å². The van der Waals surface area contributed by atoms with Gasteiger partial charge in [-0.3, -0.25) is 5.10 Å². The number of methoxy groups -OCH3 is 2. The average molecular weight is 469 g/mol. The molecule has 1 aromatic heterocycles. The topological polar surface area (TPSA) is 126 Å². The van der Waals surface area contributed by atoms with E-state index in [1.54, 1.807) is 19.2 Å². The molecule has 2 aromatic carbocycles. The second-order valence-corrected chi connectivity index (χ2v) is 7.38. The van der Waals surface area contributed by atoms with E-state index in [1.165, 1.54) is 7.11 Å². The van der Waals surface area contributed by atoms with Gasteiger partial charge >= 0.3 is 0 Å². The van der Waals surface area contributed by atoms with Gasteiger partial charge in [0.1, 0.15) is 17.4 Å². The molecule has 0 bridgehead atoms. The van der Waals surface area contributed by atoms with Crippen molar-refractivity contribution in [2.75, 3.05) is 14.2 Å².